The minimum Gasteiger partial charge on any atom is -0.491 e. The van der Waals surface area contributed by atoms with Crippen LogP contribution in [0, 0.1) is 13.8 Å². The van der Waals surface area contributed by atoms with E-state index in [9.17, 15) is 9.90 Å². The molecular weight excluding hydrogens is 434 g/mol. The number of hydrogen-bond acceptors (Lipinski definition) is 6. The van der Waals surface area contributed by atoms with Gasteiger partial charge in [-0.3, -0.25) is 4.79 Å². The molecule has 0 saturated heterocycles. The van der Waals surface area contributed by atoms with Crippen molar-refractivity contribution in [3.8, 4) is 17.2 Å². The zero-order valence-corrected chi connectivity index (χ0v) is 18.6. The van der Waals surface area contributed by atoms with Crippen molar-refractivity contribution in [2.45, 2.75) is 26.5 Å². The molecule has 1 aliphatic rings. The largest absolute Gasteiger partial charge is 0.491 e. The van der Waals surface area contributed by atoms with E-state index in [1.807, 2.05) is 31.2 Å². The van der Waals surface area contributed by atoms with Crippen molar-refractivity contribution in [3.63, 3.8) is 0 Å². The first-order valence-corrected chi connectivity index (χ1v) is 10.6. The van der Waals surface area contributed by atoms with Crippen molar-refractivity contribution < 1.29 is 24.1 Å². The number of nitrogens with zero attached hydrogens (tertiary/aromatic N) is 2. The number of amides is 1. The third kappa shape index (κ3) is 4.98. The van der Waals surface area contributed by atoms with Crippen molar-refractivity contribution in [1.29, 1.82) is 0 Å². The number of aromatic nitrogens is 2. The standard InChI is InChI=1S/C23H24ClN3O5/c1-14-3-5-16(6-4-14)11-27-22(24)21(15(2)26-27)23(29)25-10-17(28)12-30-18-7-8-19-20(9-18)32-13-31-19/h3-9,17,28H,10-13H2,1-2H3,(H,25,29). The average molecular weight is 458 g/mol. The second-order valence-electron chi connectivity index (χ2n) is 7.58. The lowest BCUT2D eigenvalue weighted by Crippen LogP contribution is -2.35. The zero-order valence-electron chi connectivity index (χ0n) is 17.8. The first-order chi connectivity index (χ1) is 15.4. The molecule has 9 heteroatoms. The Balaban J connectivity index is 1.31. The summed E-state index contributed by atoms with van der Waals surface area (Å²) in [6.07, 6.45) is -0.911. The lowest BCUT2D eigenvalue weighted by Gasteiger charge is -2.13. The summed E-state index contributed by atoms with van der Waals surface area (Å²) in [5.41, 5.74) is 3.01. The monoisotopic (exact) mass is 457 g/mol. The lowest BCUT2D eigenvalue weighted by atomic mass is 10.1. The summed E-state index contributed by atoms with van der Waals surface area (Å²) in [5, 5.41) is 17.6. The van der Waals surface area contributed by atoms with Crippen LogP contribution in [0.3, 0.4) is 0 Å². The Hall–Kier alpha value is -3.23. The van der Waals surface area contributed by atoms with E-state index in [-0.39, 0.29) is 25.1 Å². The molecule has 0 bridgehead atoms. The highest BCUT2D eigenvalue weighted by molar-refractivity contribution is 6.33. The fraction of sp³-hybridized carbons (Fsp3) is 0.304. The Bertz CT molecular complexity index is 1110. The van der Waals surface area contributed by atoms with Crippen LogP contribution in [-0.2, 0) is 6.54 Å². The number of hydrogen-bond donors (Lipinski definition) is 2. The van der Waals surface area contributed by atoms with Crippen LogP contribution in [0.2, 0.25) is 5.15 Å². The van der Waals surface area contributed by atoms with Crippen molar-refractivity contribution in [2.24, 2.45) is 0 Å². The number of benzene rings is 2. The zero-order chi connectivity index (χ0) is 22.7. The summed E-state index contributed by atoms with van der Waals surface area (Å²) in [4.78, 5) is 12.7. The predicted octanol–water partition coefficient (Wildman–Crippen LogP) is 3.10. The van der Waals surface area contributed by atoms with Crippen LogP contribution in [0.1, 0.15) is 27.2 Å². The summed E-state index contributed by atoms with van der Waals surface area (Å²) in [6.45, 7) is 4.38. The van der Waals surface area contributed by atoms with E-state index in [1.165, 1.54) is 0 Å². The summed E-state index contributed by atoms with van der Waals surface area (Å²) >= 11 is 6.44. The third-order valence-electron chi connectivity index (χ3n) is 5.03. The Morgan fingerprint density at radius 3 is 2.75 bits per heavy atom. The fourth-order valence-electron chi connectivity index (χ4n) is 3.30. The van der Waals surface area contributed by atoms with Crippen molar-refractivity contribution in [3.05, 3.63) is 70.0 Å². The van der Waals surface area contributed by atoms with Gasteiger partial charge in [0.15, 0.2) is 11.5 Å². The van der Waals surface area contributed by atoms with Crippen LogP contribution in [0.25, 0.3) is 0 Å². The fourth-order valence-corrected chi connectivity index (χ4v) is 3.62. The highest BCUT2D eigenvalue weighted by Crippen LogP contribution is 2.35. The van der Waals surface area contributed by atoms with Crippen LogP contribution in [0.4, 0.5) is 0 Å². The van der Waals surface area contributed by atoms with Gasteiger partial charge in [0.1, 0.15) is 23.6 Å². The number of ether oxygens (including phenoxy) is 3. The SMILES string of the molecule is Cc1ccc(Cn2nc(C)c(C(=O)NCC(O)COc3ccc4c(c3)OCO4)c2Cl)cc1. The minimum atomic E-state index is -0.911. The first kappa shape index (κ1) is 22.0. The van der Waals surface area contributed by atoms with E-state index in [4.69, 9.17) is 25.8 Å². The lowest BCUT2D eigenvalue weighted by molar-refractivity contribution is 0.0843. The quantitative estimate of drug-likeness (QED) is 0.539. The Kier molecular flexibility index (Phi) is 6.53. The molecule has 1 atom stereocenters. The van der Waals surface area contributed by atoms with Crippen LogP contribution in [0.5, 0.6) is 17.2 Å². The summed E-state index contributed by atoms with van der Waals surface area (Å²) < 4.78 is 17.7. The molecule has 168 valence electrons. The van der Waals surface area contributed by atoms with Crippen LogP contribution < -0.4 is 19.5 Å². The average Bonchev–Trinajstić information content (AvgIpc) is 3.35. The van der Waals surface area contributed by atoms with Gasteiger partial charge in [-0.25, -0.2) is 4.68 Å². The molecule has 0 aliphatic carbocycles. The first-order valence-electron chi connectivity index (χ1n) is 10.2. The molecule has 1 aromatic heterocycles. The molecule has 2 N–H and O–H groups in total. The van der Waals surface area contributed by atoms with Gasteiger partial charge in [0.05, 0.1) is 17.8 Å². The Labute approximate surface area is 190 Å². The van der Waals surface area contributed by atoms with Gasteiger partial charge < -0.3 is 24.6 Å². The number of rotatable bonds is 8. The van der Waals surface area contributed by atoms with E-state index >= 15 is 0 Å². The van der Waals surface area contributed by atoms with Gasteiger partial charge in [0, 0.05) is 12.6 Å². The van der Waals surface area contributed by atoms with Crippen molar-refractivity contribution in [1.82, 2.24) is 15.1 Å². The topological polar surface area (TPSA) is 94.8 Å². The normalized spacial score (nSPS) is 13.1. The van der Waals surface area contributed by atoms with E-state index in [2.05, 4.69) is 10.4 Å². The number of halogens is 1. The highest BCUT2D eigenvalue weighted by atomic mass is 35.5. The van der Waals surface area contributed by atoms with Gasteiger partial charge >= 0.3 is 0 Å². The number of fused-ring (bicyclic) bond motifs is 1. The molecule has 1 aliphatic heterocycles. The molecule has 2 heterocycles. The van der Waals surface area contributed by atoms with Crippen molar-refractivity contribution >= 4 is 17.5 Å². The van der Waals surface area contributed by atoms with Gasteiger partial charge in [0.25, 0.3) is 5.91 Å². The van der Waals surface area contributed by atoms with Crippen molar-refractivity contribution in [2.75, 3.05) is 19.9 Å². The van der Waals surface area contributed by atoms with E-state index in [1.54, 1.807) is 29.8 Å². The Morgan fingerprint density at radius 2 is 1.97 bits per heavy atom. The number of nitrogens with one attached hydrogen (secondary N) is 1. The third-order valence-corrected chi connectivity index (χ3v) is 5.41. The molecule has 0 saturated carbocycles. The number of carbonyl (C=O) groups is 1. The Morgan fingerprint density at radius 1 is 1.22 bits per heavy atom. The molecular formula is C23H24ClN3O5. The van der Waals surface area contributed by atoms with Crippen LogP contribution >= 0.6 is 11.6 Å². The maximum absolute atomic E-state index is 12.7. The number of carbonyl (C=O) groups excluding carboxylic acids is 1. The molecule has 1 amide bonds. The smallest absolute Gasteiger partial charge is 0.256 e. The second-order valence-corrected chi connectivity index (χ2v) is 7.94. The van der Waals surface area contributed by atoms with E-state index in [0.29, 0.717) is 35.1 Å². The highest BCUT2D eigenvalue weighted by Gasteiger charge is 2.21. The van der Waals surface area contributed by atoms with Gasteiger partial charge in [-0.2, -0.15) is 5.10 Å². The number of aryl methyl sites for hydroxylation is 2. The molecule has 32 heavy (non-hydrogen) atoms. The van der Waals surface area contributed by atoms with Gasteiger partial charge in [-0.05, 0) is 31.5 Å². The molecule has 2 aromatic carbocycles. The maximum Gasteiger partial charge on any atom is 0.256 e. The van der Waals surface area contributed by atoms with Gasteiger partial charge in [-0.1, -0.05) is 41.4 Å². The number of aliphatic hydroxyl groups is 1. The molecule has 0 spiro atoms. The summed E-state index contributed by atoms with van der Waals surface area (Å²) in [7, 11) is 0. The molecule has 0 radical (unpaired) electrons. The van der Waals surface area contributed by atoms with Crippen LogP contribution in [0.15, 0.2) is 42.5 Å². The summed E-state index contributed by atoms with van der Waals surface area (Å²) in [6, 6.07) is 13.2. The molecule has 0 fully saturated rings. The summed E-state index contributed by atoms with van der Waals surface area (Å²) in [5.74, 6) is 1.39. The minimum absolute atomic E-state index is 0.000671. The molecule has 4 rings (SSSR count). The van der Waals surface area contributed by atoms with E-state index in [0.717, 1.165) is 11.1 Å². The van der Waals surface area contributed by atoms with E-state index < -0.39 is 12.0 Å². The predicted molar refractivity (Wildman–Crippen MR) is 119 cm³/mol. The van der Waals surface area contributed by atoms with Gasteiger partial charge in [-0.15, -0.1) is 0 Å². The maximum atomic E-state index is 12.7. The molecule has 3 aromatic rings. The molecule has 8 nitrogen and oxygen atoms in total. The molecule has 1 unspecified atom stereocenters. The van der Waals surface area contributed by atoms with Gasteiger partial charge in [0.2, 0.25) is 6.79 Å². The number of aliphatic hydroxyl groups excluding tert-OH is 1. The van der Waals surface area contributed by atoms with Crippen LogP contribution in [-0.4, -0.2) is 46.8 Å². The second kappa shape index (κ2) is 9.50.